The number of nitrogens with one attached hydrogen (secondary N) is 1. The van der Waals surface area contributed by atoms with Crippen molar-refractivity contribution >= 4 is 40.7 Å². The van der Waals surface area contributed by atoms with E-state index in [-0.39, 0.29) is 30.3 Å². The summed E-state index contributed by atoms with van der Waals surface area (Å²) in [6.45, 7) is 6.59. The Morgan fingerprint density at radius 2 is 1.62 bits per heavy atom. The summed E-state index contributed by atoms with van der Waals surface area (Å²) in [5, 5.41) is 4.16. The van der Waals surface area contributed by atoms with Gasteiger partial charge in [0.15, 0.2) is 0 Å². The topological polar surface area (TPSA) is 52.7 Å². The molecule has 1 aliphatic carbocycles. The Balaban J connectivity index is 1.37. The maximum Gasteiger partial charge on any atom is 0.228 e. The zero-order chi connectivity index (χ0) is 24.2. The third kappa shape index (κ3) is 5.94. The molecule has 5 nitrogen and oxygen atoms in total. The molecule has 34 heavy (non-hydrogen) atoms. The Morgan fingerprint density at radius 1 is 0.971 bits per heavy atom. The Morgan fingerprint density at radius 3 is 2.26 bits per heavy atom. The number of halogens is 2. The van der Waals surface area contributed by atoms with Crippen LogP contribution >= 0.6 is 23.2 Å². The van der Waals surface area contributed by atoms with Gasteiger partial charge in [-0.2, -0.15) is 0 Å². The van der Waals surface area contributed by atoms with E-state index in [4.69, 9.17) is 23.2 Å². The molecule has 0 bridgehead atoms. The van der Waals surface area contributed by atoms with Gasteiger partial charge < -0.3 is 10.2 Å². The molecule has 0 aromatic heterocycles. The van der Waals surface area contributed by atoms with E-state index in [1.54, 1.807) is 12.1 Å². The number of carbonyl (C=O) groups excluding carboxylic acids is 2. The fourth-order valence-electron chi connectivity index (χ4n) is 5.40. The van der Waals surface area contributed by atoms with Gasteiger partial charge in [-0.15, -0.1) is 0 Å². The molecule has 1 aliphatic heterocycles. The number of rotatable bonds is 6. The maximum atomic E-state index is 13.1. The Hall–Kier alpha value is -2.08. The number of carbonyl (C=O) groups is 2. The van der Waals surface area contributed by atoms with Crippen LogP contribution in [-0.2, 0) is 22.6 Å². The van der Waals surface area contributed by atoms with Crippen molar-refractivity contribution in [2.75, 3.05) is 18.4 Å². The van der Waals surface area contributed by atoms with Crippen molar-refractivity contribution < 1.29 is 9.59 Å². The third-order valence-electron chi connectivity index (χ3n) is 6.98. The van der Waals surface area contributed by atoms with E-state index < -0.39 is 0 Å². The normalized spacial score (nSPS) is 21.6. The summed E-state index contributed by atoms with van der Waals surface area (Å²) in [4.78, 5) is 30.1. The maximum absolute atomic E-state index is 13.1. The summed E-state index contributed by atoms with van der Waals surface area (Å²) in [5.41, 5.74) is 2.48. The van der Waals surface area contributed by atoms with Crippen LogP contribution in [0.15, 0.2) is 42.5 Å². The second-order valence-electron chi connectivity index (χ2n) is 9.75. The summed E-state index contributed by atoms with van der Waals surface area (Å²) in [6.07, 6.45) is 4.66. The number of hydrogen-bond acceptors (Lipinski definition) is 3. The lowest BCUT2D eigenvalue weighted by atomic mass is 10.0. The second-order valence-corrected chi connectivity index (χ2v) is 10.6. The monoisotopic (exact) mass is 501 g/mol. The van der Waals surface area contributed by atoms with Crippen LogP contribution < -0.4 is 5.32 Å². The molecule has 2 aromatic rings. The Bertz CT molecular complexity index is 1010. The highest BCUT2D eigenvalue weighted by atomic mass is 35.5. The van der Waals surface area contributed by atoms with E-state index in [2.05, 4.69) is 29.0 Å². The molecule has 2 amide bonds. The molecule has 1 saturated carbocycles. The predicted octanol–water partition coefficient (Wildman–Crippen LogP) is 5.79. The van der Waals surface area contributed by atoms with Crippen LogP contribution in [0, 0.1) is 5.92 Å². The smallest absolute Gasteiger partial charge is 0.228 e. The molecule has 0 spiro atoms. The van der Waals surface area contributed by atoms with Gasteiger partial charge in [0.05, 0.1) is 17.1 Å². The molecule has 1 N–H and O–H groups in total. The fourth-order valence-corrected chi connectivity index (χ4v) is 5.76. The van der Waals surface area contributed by atoms with Crippen molar-refractivity contribution in [1.29, 1.82) is 0 Å². The van der Waals surface area contributed by atoms with E-state index in [0.717, 1.165) is 37.1 Å². The quantitative estimate of drug-likeness (QED) is 0.545. The first-order valence-electron chi connectivity index (χ1n) is 12.2. The lowest BCUT2D eigenvalue weighted by Crippen LogP contribution is -2.59. The molecule has 4 rings (SSSR count). The summed E-state index contributed by atoms with van der Waals surface area (Å²) in [7, 11) is 0. The second kappa shape index (κ2) is 11.1. The molecule has 0 radical (unpaired) electrons. The zero-order valence-corrected chi connectivity index (χ0v) is 21.4. The van der Waals surface area contributed by atoms with Crippen molar-refractivity contribution in [2.24, 2.45) is 5.92 Å². The van der Waals surface area contributed by atoms with Crippen molar-refractivity contribution in [1.82, 2.24) is 9.80 Å². The van der Waals surface area contributed by atoms with Crippen LogP contribution in [0.5, 0.6) is 0 Å². The Kier molecular flexibility index (Phi) is 8.18. The lowest BCUT2D eigenvalue weighted by molar-refractivity contribution is -0.143. The van der Waals surface area contributed by atoms with Gasteiger partial charge in [0.25, 0.3) is 0 Å². The first-order valence-corrected chi connectivity index (χ1v) is 12.9. The number of amides is 2. The number of nitrogens with zero attached hydrogens (tertiary/aromatic N) is 2. The van der Waals surface area contributed by atoms with E-state index in [0.29, 0.717) is 28.2 Å². The minimum atomic E-state index is -0.123. The fraction of sp³-hybridized carbons (Fsp3) is 0.481. The van der Waals surface area contributed by atoms with Crippen molar-refractivity contribution in [3.63, 3.8) is 0 Å². The third-order valence-corrected chi connectivity index (χ3v) is 7.68. The van der Waals surface area contributed by atoms with Crippen LogP contribution in [0.4, 0.5) is 5.69 Å². The first-order chi connectivity index (χ1) is 16.3. The van der Waals surface area contributed by atoms with Gasteiger partial charge in [-0.25, -0.2) is 0 Å². The molecule has 2 aromatic carbocycles. The van der Waals surface area contributed by atoms with Crippen LogP contribution in [0.25, 0.3) is 0 Å². The number of benzene rings is 2. The van der Waals surface area contributed by atoms with Crippen molar-refractivity contribution in [3.05, 3.63) is 63.6 Å². The molecular formula is C27H33Cl2N3O2. The molecule has 7 heteroatoms. The molecule has 2 aliphatic rings. The van der Waals surface area contributed by atoms with E-state index in [1.807, 2.05) is 30.3 Å². The van der Waals surface area contributed by atoms with Crippen LogP contribution in [0.2, 0.25) is 10.0 Å². The summed E-state index contributed by atoms with van der Waals surface area (Å²) < 4.78 is 0. The average molecular weight is 502 g/mol. The van der Waals surface area contributed by atoms with Crippen molar-refractivity contribution in [3.8, 4) is 0 Å². The number of anilines is 1. The minimum absolute atomic E-state index is 0.123. The molecular weight excluding hydrogens is 469 g/mol. The predicted molar refractivity (Wildman–Crippen MR) is 138 cm³/mol. The van der Waals surface area contributed by atoms with Crippen molar-refractivity contribution in [2.45, 2.75) is 64.6 Å². The first kappa shape index (κ1) is 25.0. The highest BCUT2D eigenvalue weighted by molar-refractivity contribution is 6.34. The SMILES string of the molecule is CC1CN(Cc2cccc(NC(=O)Cc3ccc(Cl)cc3)c2Cl)CC(C)N1C(=O)C1CCCC1. The van der Waals surface area contributed by atoms with Crippen LogP contribution in [0.1, 0.15) is 50.7 Å². The highest BCUT2D eigenvalue weighted by Gasteiger charge is 2.37. The van der Waals surface area contributed by atoms with Gasteiger partial charge >= 0.3 is 0 Å². The van der Waals surface area contributed by atoms with Gasteiger partial charge in [-0.3, -0.25) is 14.5 Å². The molecule has 2 fully saturated rings. The minimum Gasteiger partial charge on any atom is -0.334 e. The largest absolute Gasteiger partial charge is 0.334 e. The van der Waals surface area contributed by atoms with E-state index in [1.165, 1.54) is 12.8 Å². The molecule has 1 heterocycles. The van der Waals surface area contributed by atoms with E-state index in [9.17, 15) is 9.59 Å². The summed E-state index contributed by atoms with van der Waals surface area (Å²) >= 11 is 12.6. The molecule has 2 unspecified atom stereocenters. The standard InChI is InChI=1S/C27H33Cl2N3O2/c1-18-15-31(16-19(2)32(18)27(34)21-6-3-4-7-21)17-22-8-5-9-24(26(22)29)30-25(33)14-20-10-12-23(28)13-11-20/h5,8-13,18-19,21H,3-4,6-7,14-17H2,1-2H3,(H,30,33). The number of hydrogen-bond donors (Lipinski definition) is 1. The molecule has 1 saturated heterocycles. The van der Waals surface area contributed by atoms with Gasteiger partial charge in [0.2, 0.25) is 11.8 Å². The highest BCUT2D eigenvalue weighted by Crippen LogP contribution is 2.31. The van der Waals surface area contributed by atoms with Gasteiger partial charge in [-0.1, -0.05) is 60.3 Å². The number of piperazine rings is 1. The molecule has 2 atom stereocenters. The van der Waals surface area contributed by atoms with Crippen LogP contribution in [0.3, 0.4) is 0 Å². The van der Waals surface area contributed by atoms with E-state index >= 15 is 0 Å². The van der Waals surface area contributed by atoms with Crippen LogP contribution in [-0.4, -0.2) is 46.8 Å². The molecule has 182 valence electrons. The summed E-state index contributed by atoms with van der Waals surface area (Å²) in [5.74, 6) is 0.419. The lowest BCUT2D eigenvalue weighted by Gasteiger charge is -2.45. The average Bonchev–Trinajstić information content (AvgIpc) is 3.33. The zero-order valence-electron chi connectivity index (χ0n) is 19.9. The Labute approximate surface area is 212 Å². The summed E-state index contributed by atoms with van der Waals surface area (Å²) in [6, 6.07) is 13.3. The van der Waals surface area contributed by atoms with Gasteiger partial charge in [0.1, 0.15) is 0 Å². The van der Waals surface area contributed by atoms with Gasteiger partial charge in [0, 0.05) is 42.7 Å². The van der Waals surface area contributed by atoms with Gasteiger partial charge in [-0.05, 0) is 56.0 Å².